The lowest BCUT2D eigenvalue weighted by Crippen LogP contribution is -2.05. The summed E-state index contributed by atoms with van der Waals surface area (Å²) in [6.45, 7) is 1.90. The molecule has 0 radical (unpaired) electrons. The van der Waals surface area contributed by atoms with Gasteiger partial charge in [0.15, 0.2) is 0 Å². The van der Waals surface area contributed by atoms with Gasteiger partial charge in [0.25, 0.3) is 0 Å². The molecule has 1 unspecified atom stereocenters. The molecule has 0 aliphatic rings. The minimum absolute atomic E-state index is 0.223. The normalized spacial score (nSPS) is 13.8. The summed E-state index contributed by atoms with van der Waals surface area (Å²) in [7, 11) is -2.72. The summed E-state index contributed by atoms with van der Waals surface area (Å²) in [5.41, 5.74) is 1.07. The second-order valence-electron chi connectivity index (χ2n) is 3.37. The van der Waals surface area contributed by atoms with Crippen molar-refractivity contribution >= 4 is 31.8 Å². The molecule has 0 aliphatic heterocycles. The molecule has 1 amide bonds. The lowest BCUT2D eigenvalue weighted by Gasteiger charge is -2.04. The third-order valence-corrected chi connectivity index (χ3v) is 4.32. The molecule has 1 rings (SSSR count). The van der Waals surface area contributed by atoms with Crippen LogP contribution in [0.4, 0.5) is 4.79 Å². The van der Waals surface area contributed by atoms with E-state index in [4.69, 9.17) is 0 Å². The van der Waals surface area contributed by atoms with Crippen LogP contribution in [0.15, 0.2) is 33.5 Å². The first-order chi connectivity index (χ1) is 7.99. The van der Waals surface area contributed by atoms with Crippen molar-refractivity contribution in [3.05, 3.63) is 29.8 Å². The van der Waals surface area contributed by atoms with Crippen molar-refractivity contribution in [2.75, 3.05) is 12.9 Å². The van der Waals surface area contributed by atoms with Gasteiger partial charge in [-0.1, -0.05) is 28.1 Å². The molecule has 1 atom stereocenters. The van der Waals surface area contributed by atoms with Crippen LogP contribution in [0.1, 0.15) is 12.5 Å². The van der Waals surface area contributed by atoms with E-state index in [1.165, 1.54) is 6.26 Å². The van der Waals surface area contributed by atoms with E-state index in [9.17, 15) is 9.00 Å². The molecule has 0 fully saturated rings. The molecular weight excluding hydrogens is 306 g/mol. The van der Waals surface area contributed by atoms with Gasteiger partial charge in [-0.15, -0.1) is 4.36 Å². The van der Waals surface area contributed by atoms with E-state index in [0.717, 1.165) is 10.9 Å². The van der Waals surface area contributed by atoms with Crippen LogP contribution >= 0.6 is 15.9 Å². The molecule has 4 nitrogen and oxygen atoms in total. The maximum absolute atomic E-state index is 12.2. The van der Waals surface area contributed by atoms with Crippen LogP contribution < -0.4 is 0 Å². The van der Waals surface area contributed by atoms with E-state index >= 15 is 0 Å². The average molecular weight is 320 g/mol. The maximum Gasteiger partial charge on any atom is 0.442 e. The monoisotopic (exact) mass is 319 g/mol. The Balaban J connectivity index is 3.03. The van der Waals surface area contributed by atoms with Gasteiger partial charge in [0, 0.05) is 16.5 Å². The Morgan fingerprint density at radius 3 is 2.47 bits per heavy atom. The molecule has 17 heavy (non-hydrogen) atoms. The number of hydrogen-bond donors (Lipinski definition) is 0. The topological polar surface area (TPSA) is 55.7 Å². The number of carbonyl (C=O) groups excluding carboxylic acids is 1. The number of amides is 1. The van der Waals surface area contributed by atoms with E-state index in [2.05, 4.69) is 25.0 Å². The van der Waals surface area contributed by atoms with Crippen molar-refractivity contribution in [2.45, 2.75) is 17.1 Å². The molecule has 0 N–H and O–H groups in total. The smallest absolute Gasteiger partial charge is 0.442 e. The van der Waals surface area contributed by atoms with Gasteiger partial charge >= 0.3 is 6.09 Å². The fourth-order valence-corrected chi connectivity index (χ4v) is 2.63. The first-order valence-corrected chi connectivity index (χ1v) is 8.08. The van der Waals surface area contributed by atoms with Crippen LogP contribution in [0.2, 0.25) is 0 Å². The Kier molecular flexibility index (Phi) is 5.14. The molecule has 0 heterocycles. The number of hydrogen-bond acceptors (Lipinski definition) is 3. The highest BCUT2D eigenvalue weighted by molar-refractivity contribution is 9.08. The van der Waals surface area contributed by atoms with Crippen molar-refractivity contribution in [3.63, 3.8) is 0 Å². The number of carbonyl (C=O) groups is 1. The molecule has 0 saturated carbocycles. The third-order valence-electron chi connectivity index (χ3n) is 2.03. The summed E-state index contributed by atoms with van der Waals surface area (Å²) in [6.07, 6.45) is 0.636. The summed E-state index contributed by atoms with van der Waals surface area (Å²) in [5.74, 6) is 0. The second-order valence-corrected chi connectivity index (χ2v) is 6.19. The number of nitrogens with zero attached hydrogens (tertiary/aromatic N) is 1. The van der Waals surface area contributed by atoms with Gasteiger partial charge in [-0.2, -0.15) is 0 Å². The van der Waals surface area contributed by atoms with Crippen molar-refractivity contribution in [1.29, 1.82) is 0 Å². The Labute approximate surface area is 110 Å². The van der Waals surface area contributed by atoms with Gasteiger partial charge in [-0.25, -0.2) is 9.00 Å². The number of rotatable bonds is 3. The van der Waals surface area contributed by atoms with Gasteiger partial charge < -0.3 is 4.74 Å². The fourth-order valence-electron chi connectivity index (χ4n) is 1.18. The number of benzene rings is 1. The summed E-state index contributed by atoms with van der Waals surface area (Å²) < 4.78 is 20.4. The van der Waals surface area contributed by atoms with Crippen LogP contribution in [0, 0.1) is 0 Å². The molecule has 0 aromatic heterocycles. The molecule has 94 valence electrons. The third kappa shape index (κ3) is 4.12. The highest BCUT2D eigenvalue weighted by Crippen LogP contribution is 2.14. The Morgan fingerprint density at radius 1 is 1.41 bits per heavy atom. The van der Waals surface area contributed by atoms with Gasteiger partial charge in [-0.05, 0) is 24.6 Å². The van der Waals surface area contributed by atoms with Crippen molar-refractivity contribution in [2.24, 2.45) is 4.36 Å². The molecule has 0 bridgehead atoms. The Morgan fingerprint density at radius 2 is 2.00 bits per heavy atom. The summed E-state index contributed by atoms with van der Waals surface area (Å²) in [6, 6.07) is 7.10. The first kappa shape index (κ1) is 14.2. The fraction of sp³-hybridized carbons (Fsp3) is 0.364. The zero-order valence-corrected chi connectivity index (χ0v) is 12.1. The van der Waals surface area contributed by atoms with E-state index in [0.29, 0.717) is 4.90 Å². The van der Waals surface area contributed by atoms with Crippen molar-refractivity contribution < 1.29 is 13.7 Å². The summed E-state index contributed by atoms with van der Waals surface area (Å²) in [5, 5.41) is 0.729. The minimum atomic E-state index is -2.72. The van der Waals surface area contributed by atoms with E-state index in [-0.39, 0.29) is 6.61 Å². The van der Waals surface area contributed by atoms with Gasteiger partial charge in [0.1, 0.15) is 0 Å². The van der Waals surface area contributed by atoms with Crippen LogP contribution in [-0.2, 0) is 19.8 Å². The lowest BCUT2D eigenvalue weighted by atomic mass is 10.2. The summed E-state index contributed by atoms with van der Waals surface area (Å²) in [4.78, 5) is 11.7. The van der Waals surface area contributed by atoms with Crippen LogP contribution in [0.25, 0.3) is 0 Å². The number of halogens is 1. The van der Waals surface area contributed by atoms with Crippen LogP contribution in [0.3, 0.4) is 0 Å². The van der Waals surface area contributed by atoms with E-state index in [1.807, 2.05) is 12.1 Å². The Bertz CT molecular complexity index is 504. The zero-order chi connectivity index (χ0) is 12.9. The average Bonchev–Trinajstić information content (AvgIpc) is 2.28. The molecule has 0 saturated heterocycles. The van der Waals surface area contributed by atoms with Gasteiger partial charge in [0.05, 0.1) is 16.3 Å². The number of ether oxygens (including phenoxy) is 1. The standard InChI is InChI=1S/C11H14BrNO3S/c1-3-16-11(14)13-17(2,15)10-6-4-9(8-12)5-7-10/h4-7H,3,8H2,1-2H3. The zero-order valence-electron chi connectivity index (χ0n) is 9.68. The van der Waals surface area contributed by atoms with Gasteiger partial charge in [-0.3, -0.25) is 0 Å². The van der Waals surface area contributed by atoms with Crippen molar-refractivity contribution in [3.8, 4) is 0 Å². The quantitative estimate of drug-likeness (QED) is 0.804. The van der Waals surface area contributed by atoms with E-state index in [1.54, 1.807) is 19.1 Å². The molecule has 0 aliphatic carbocycles. The first-order valence-electron chi connectivity index (χ1n) is 5.03. The highest BCUT2D eigenvalue weighted by Gasteiger charge is 2.09. The Hall–Kier alpha value is -0.880. The van der Waals surface area contributed by atoms with Crippen LogP contribution in [-0.4, -0.2) is 23.2 Å². The molecule has 6 heteroatoms. The summed E-state index contributed by atoms with van der Waals surface area (Å²) >= 11 is 3.32. The minimum Gasteiger partial charge on any atom is -0.448 e. The lowest BCUT2D eigenvalue weighted by molar-refractivity contribution is 0.164. The SMILES string of the molecule is CCOC(=O)N=S(C)(=O)c1ccc(CBr)cc1. The van der Waals surface area contributed by atoms with Crippen LogP contribution in [0.5, 0.6) is 0 Å². The molecule has 1 aromatic carbocycles. The predicted octanol–water partition coefficient (Wildman–Crippen LogP) is 3.19. The largest absolute Gasteiger partial charge is 0.448 e. The second kappa shape index (κ2) is 6.16. The molecule has 0 spiro atoms. The van der Waals surface area contributed by atoms with Crippen molar-refractivity contribution in [1.82, 2.24) is 0 Å². The molecule has 1 aromatic rings. The molecular formula is C11H14BrNO3S. The predicted molar refractivity (Wildman–Crippen MR) is 70.9 cm³/mol. The highest BCUT2D eigenvalue weighted by atomic mass is 79.9. The van der Waals surface area contributed by atoms with E-state index < -0.39 is 15.8 Å². The maximum atomic E-state index is 12.2. The number of alkyl halides is 1. The van der Waals surface area contributed by atoms with Gasteiger partial charge in [0.2, 0.25) is 0 Å².